The molecule has 0 bridgehead atoms. The van der Waals surface area contributed by atoms with E-state index in [1.807, 2.05) is 30.3 Å². The Balaban J connectivity index is 1.69. The molecule has 1 aromatic carbocycles. The van der Waals surface area contributed by atoms with Gasteiger partial charge in [-0.3, -0.25) is 9.36 Å². The minimum absolute atomic E-state index is 0.0266. The van der Waals surface area contributed by atoms with Gasteiger partial charge in [0.05, 0.1) is 29.1 Å². The summed E-state index contributed by atoms with van der Waals surface area (Å²) < 4.78 is 14.6. The minimum atomic E-state index is -1.78. The van der Waals surface area contributed by atoms with E-state index in [4.69, 9.17) is 9.15 Å². The van der Waals surface area contributed by atoms with Crippen LogP contribution in [0.3, 0.4) is 0 Å². The largest absolute Gasteiger partial charge is 0.480 e. The number of aromatic nitrogens is 3. The third-order valence-electron chi connectivity index (χ3n) is 8.08. The van der Waals surface area contributed by atoms with Crippen LogP contribution in [0.5, 0.6) is 0 Å². The molecule has 0 unspecified atom stereocenters. The van der Waals surface area contributed by atoms with Crippen molar-refractivity contribution in [2.75, 3.05) is 0 Å². The molecule has 9 nitrogen and oxygen atoms in total. The van der Waals surface area contributed by atoms with Gasteiger partial charge >= 0.3 is 11.7 Å². The number of carbonyl (C=O) groups is 1. The topological polar surface area (TPSA) is 117 Å². The number of rotatable bonds is 8. The van der Waals surface area contributed by atoms with Crippen LogP contribution >= 0.6 is 11.3 Å². The molecule has 0 amide bonds. The lowest BCUT2D eigenvalue weighted by Crippen LogP contribution is -2.52. The van der Waals surface area contributed by atoms with E-state index < -0.39 is 28.9 Å². The highest BCUT2D eigenvalue weighted by molar-refractivity contribution is 7.22. The first-order valence-corrected chi connectivity index (χ1v) is 14.4. The molecular weight excluding hydrogens is 530 g/mol. The van der Waals surface area contributed by atoms with Crippen LogP contribution in [0.2, 0.25) is 0 Å². The molecule has 4 aromatic rings. The fraction of sp³-hybridized carbons (Fsp3) is 0.467. The number of nitrogens with zero attached hydrogens (tertiary/aromatic N) is 3. The number of aryl methyl sites for hydroxylation is 1. The molecule has 3 heterocycles. The number of carboxylic acid groups (broad SMARTS) is 1. The number of ether oxygens (including phenoxy) is 1. The summed E-state index contributed by atoms with van der Waals surface area (Å²) in [5.74, 6) is -0.944. The maximum absolute atomic E-state index is 14.1. The summed E-state index contributed by atoms with van der Waals surface area (Å²) in [6.07, 6.45) is 6.43. The van der Waals surface area contributed by atoms with Crippen LogP contribution < -0.4 is 11.2 Å². The zero-order valence-electron chi connectivity index (χ0n) is 23.5. The zero-order valence-corrected chi connectivity index (χ0v) is 24.3. The Morgan fingerprint density at radius 2 is 1.90 bits per heavy atom. The third kappa shape index (κ3) is 5.06. The monoisotopic (exact) mass is 565 g/mol. The molecule has 1 fully saturated rings. The molecule has 1 N–H and O–H groups in total. The molecule has 0 aliphatic heterocycles. The van der Waals surface area contributed by atoms with Crippen molar-refractivity contribution in [2.45, 2.75) is 84.6 Å². The Morgan fingerprint density at radius 1 is 1.23 bits per heavy atom. The molecule has 5 rings (SSSR count). The van der Waals surface area contributed by atoms with Crippen molar-refractivity contribution in [3.05, 3.63) is 74.8 Å². The van der Waals surface area contributed by atoms with Gasteiger partial charge in [0.2, 0.25) is 5.89 Å². The van der Waals surface area contributed by atoms with Crippen LogP contribution in [0.4, 0.5) is 0 Å². The number of hydrogen-bond donors (Lipinski definition) is 1. The Morgan fingerprint density at radius 3 is 2.50 bits per heavy atom. The van der Waals surface area contributed by atoms with E-state index in [1.54, 1.807) is 6.92 Å². The Labute approximate surface area is 236 Å². The second-order valence-corrected chi connectivity index (χ2v) is 12.9. The number of carboxylic acids is 1. The summed E-state index contributed by atoms with van der Waals surface area (Å²) in [5.41, 5.74) is -1.36. The highest BCUT2D eigenvalue weighted by Gasteiger charge is 2.36. The van der Waals surface area contributed by atoms with Gasteiger partial charge in [0, 0.05) is 0 Å². The molecule has 1 aliphatic rings. The number of thiophene rings is 1. The van der Waals surface area contributed by atoms with Crippen molar-refractivity contribution in [1.82, 2.24) is 14.1 Å². The van der Waals surface area contributed by atoms with Gasteiger partial charge in [-0.2, -0.15) is 0 Å². The molecule has 10 heteroatoms. The summed E-state index contributed by atoms with van der Waals surface area (Å²) >= 11 is 1.24. The van der Waals surface area contributed by atoms with Crippen molar-refractivity contribution in [3.63, 3.8) is 0 Å². The predicted octanol–water partition coefficient (Wildman–Crippen LogP) is 5.73. The fourth-order valence-corrected chi connectivity index (χ4v) is 6.68. The van der Waals surface area contributed by atoms with Gasteiger partial charge < -0.3 is 14.3 Å². The maximum Gasteiger partial charge on any atom is 0.333 e. The first-order valence-electron chi connectivity index (χ1n) is 13.5. The molecule has 3 aromatic heterocycles. The van der Waals surface area contributed by atoms with Gasteiger partial charge in [0.1, 0.15) is 22.7 Å². The lowest BCUT2D eigenvalue weighted by molar-refractivity contribution is -0.146. The van der Waals surface area contributed by atoms with E-state index in [9.17, 15) is 19.5 Å². The molecule has 1 aliphatic carbocycles. The fourth-order valence-electron chi connectivity index (χ4n) is 5.44. The van der Waals surface area contributed by atoms with Gasteiger partial charge in [0.25, 0.3) is 5.56 Å². The predicted molar refractivity (Wildman–Crippen MR) is 154 cm³/mol. The number of benzene rings is 1. The summed E-state index contributed by atoms with van der Waals surface area (Å²) in [4.78, 5) is 45.4. The Kier molecular flexibility index (Phi) is 7.35. The van der Waals surface area contributed by atoms with Crippen molar-refractivity contribution in [1.29, 1.82) is 0 Å². The van der Waals surface area contributed by atoms with E-state index in [2.05, 4.69) is 18.8 Å². The molecule has 1 saturated carbocycles. The van der Waals surface area contributed by atoms with Crippen LogP contribution in [-0.4, -0.2) is 31.3 Å². The van der Waals surface area contributed by atoms with Gasteiger partial charge in [-0.05, 0) is 63.0 Å². The van der Waals surface area contributed by atoms with Crippen molar-refractivity contribution in [3.8, 4) is 10.8 Å². The average Bonchev–Trinajstić information content (AvgIpc) is 3.55. The quantitative estimate of drug-likeness (QED) is 0.290. The Bertz CT molecular complexity index is 1640. The van der Waals surface area contributed by atoms with Gasteiger partial charge in [0.15, 0.2) is 0 Å². The first-order chi connectivity index (χ1) is 18.9. The van der Waals surface area contributed by atoms with E-state index in [1.165, 1.54) is 42.2 Å². The lowest BCUT2D eigenvalue weighted by atomic mass is 9.76. The molecule has 0 radical (unpaired) electrons. The zero-order chi connectivity index (χ0) is 28.8. The second kappa shape index (κ2) is 10.5. The molecular formula is C30H35N3O6S. The van der Waals surface area contributed by atoms with Crippen molar-refractivity contribution in [2.24, 2.45) is 5.41 Å². The van der Waals surface area contributed by atoms with Crippen LogP contribution in [0.15, 0.2) is 56.8 Å². The van der Waals surface area contributed by atoms with Gasteiger partial charge in [-0.1, -0.05) is 44.2 Å². The Hall–Kier alpha value is -3.50. The second-order valence-electron chi connectivity index (χ2n) is 11.9. The number of aliphatic carboxylic acids is 1. The van der Waals surface area contributed by atoms with Gasteiger partial charge in [-0.15, -0.1) is 11.3 Å². The van der Waals surface area contributed by atoms with Crippen LogP contribution in [-0.2, 0) is 21.6 Å². The van der Waals surface area contributed by atoms with E-state index in [0.717, 1.165) is 35.8 Å². The van der Waals surface area contributed by atoms with Crippen LogP contribution in [0.25, 0.3) is 21.0 Å². The number of oxazole rings is 1. The van der Waals surface area contributed by atoms with E-state index >= 15 is 0 Å². The molecule has 40 heavy (non-hydrogen) atoms. The van der Waals surface area contributed by atoms with E-state index in [-0.39, 0.29) is 23.4 Å². The highest BCUT2D eigenvalue weighted by Crippen LogP contribution is 2.39. The van der Waals surface area contributed by atoms with Gasteiger partial charge in [-0.25, -0.2) is 19.1 Å². The molecule has 0 spiro atoms. The first kappa shape index (κ1) is 28.0. The third-order valence-corrected chi connectivity index (χ3v) is 9.39. The summed E-state index contributed by atoms with van der Waals surface area (Å²) in [6.45, 7) is 9.14. The smallest absolute Gasteiger partial charge is 0.333 e. The van der Waals surface area contributed by atoms with Crippen molar-refractivity contribution < 1.29 is 19.1 Å². The van der Waals surface area contributed by atoms with Crippen molar-refractivity contribution >= 4 is 27.5 Å². The van der Waals surface area contributed by atoms with Crippen LogP contribution in [0.1, 0.15) is 70.6 Å². The summed E-state index contributed by atoms with van der Waals surface area (Å²) in [5, 5.41) is 10.3. The summed E-state index contributed by atoms with van der Waals surface area (Å²) in [7, 11) is 0. The maximum atomic E-state index is 14.1. The summed E-state index contributed by atoms with van der Waals surface area (Å²) in [6, 6.07) is 9.72. The van der Waals surface area contributed by atoms with Crippen LogP contribution in [0, 0.1) is 12.3 Å². The lowest BCUT2D eigenvalue weighted by Gasteiger charge is -2.36. The average molecular weight is 566 g/mol. The highest BCUT2D eigenvalue weighted by atomic mass is 32.1. The SMILES string of the molecule is Cc1c(-c2ncco2)sc2c1c(=O)n(C(C)(C)C(=O)O)c(=O)n2C[C@@H](OC1CCC(C)(C)CC1)c1ccccc1. The normalized spacial score (nSPS) is 16.8. The number of hydrogen-bond acceptors (Lipinski definition) is 7. The standard InChI is InChI=1S/C30H35N3O6S/c1-18-22-25(34)33(30(4,5)27(35)36)28(37)32(26(22)40-23(18)24-31-15-16-38-24)17-21(19-9-7-6-8-10-19)39-20-11-13-29(2,3)14-12-20/h6-10,15-16,20-21H,11-14,17H2,1-5H3,(H,35,36)/t21-/m1/s1. The van der Waals surface area contributed by atoms with E-state index in [0.29, 0.717) is 21.2 Å². The molecule has 0 saturated heterocycles. The number of fused-ring (bicyclic) bond motifs is 1. The molecule has 1 atom stereocenters. The minimum Gasteiger partial charge on any atom is -0.480 e. The molecule has 212 valence electrons.